The molecule has 294 valence electrons. The Kier molecular flexibility index (Phi) is 11.4. The lowest BCUT2D eigenvalue weighted by Gasteiger charge is -2.14. The fraction of sp³-hybridized carbons (Fsp3) is 0.250. The number of nitrogens with zero attached hydrogens (tertiary/aromatic N) is 12. The molecule has 6 aromatic heterocycles. The molecule has 3 aromatic carbocycles. The van der Waals surface area contributed by atoms with Crippen molar-refractivity contribution in [1.82, 2.24) is 59.6 Å². The van der Waals surface area contributed by atoms with Crippen molar-refractivity contribution in [2.75, 3.05) is 36.8 Å². The van der Waals surface area contributed by atoms with E-state index < -0.39 is 0 Å². The smallest absolute Gasteiger partial charge is 0.199 e. The zero-order chi connectivity index (χ0) is 39.9. The minimum absolute atomic E-state index is 0.0681. The summed E-state index contributed by atoms with van der Waals surface area (Å²) in [6.07, 6.45) is 1.92. The van der Waals surface area contributed by atoms with E-state index in [0.717, 1.165) is 52.5 Å². The predicted octanol–water partition coefficient (Wildman–Crippen LogP) is 3.22. The molecule has 0 saturated heterocycles. The summed E-state index contributed by atoms with van der Waals surface area (Å²) in [5, 5.41) is 22.3. The average Bonchev–Trinajstić information content (AvgIpc) is 4.10. The van der Waals surface area contributed by atoms with Crippen molar-refractivity contribution in [3.63, 3.8) is 0 Å². The molecule has 0 spiro atoms. The molecular formula is C36H42N18O3. The number of fused-ring (bicyclic) bond motifs is 3. The van der Waals surface area contributed by atoms with Gasteiger partial charge in [-0.1, -0.05) is 36.4 Å². The number of aryl methyl sites for hydroxylation is 1. The van der Waals surface area contributed by atoms with E-state index in [1.54, 1.807) is 0 Å². The molecule has 0 bridgehead atoms. The molecule has 12 N–H and O–H groups in total. The predicted molar refractivity (Wildman–Crippen MR) is 213 cm³/mol. The Balaban J connectivity index is 0.000000131. The Morgan fingerprint density at radius 1 is 0.509 bits per heavy atom. The molecule has 6 heterocycles. The molecule has 0 aliphatic rings. The fourth-order valence-electron chi connectivity index (χ4n) is 6.32. The number of anilines is 3. The highest BCUT2D eigenvalue weighted by atomic mass is 16.6. The zero-order valence-corrected chi connectivity index (χ0v) is 31.0. The Morgan fingerprint density at radius 2 is 0.930 bits per heavy atom. The minimum atomic E-state index is 0.0681. The highest BCUT2D eigenvalue weighted by Crippen LogP contribution is 2.30. The van der Waals surface area contributed by atoms with E-state index in [-0.39, 0.29) is 23.5 Å². The van der Waals surface area contributed by atoms with Crippen LogP contribution in [0.4, 0.5) is 17.5 Å². The summed E-state index contributed by atoms with van der Waals surface area (Å²) in [6.45, 7) is 5.11. The number of para-hydroxylation sites is 6. The van der Waals surface area contributed by atoms with Crippen molar-refractivity contribution in [3.8, 4) is 34.6 Å². The third-order valence-electron chi connectivity index (χ3n) is 9.05. The number of rotatable bonds is 11. The van der Waals surface area contributed by atoms with Gasteiger partial charge >= 0.3 is 0 Å². The van der Waals surface area contributed by atoms with Gasteiger partial charge in [-0.2, -0.15) is 0 Å². The fourth-order valence-corrected chi connectivity index (χ4v) is 6.32. The highest BCUT2D eigenvalue weighted by Gasteiger charge is 2.22. The molecule has 0 aliphatic heterocycles. The number of imidazole rings is 3. The average molecular weight is 775 g/mol. The van der Waals surface area contributed by atoms with Gasteiger partial charge in [0.1, 0.15) is 0 Å². The van der Waals surface area contributed by atoms with Gasteiger partial charge in [-0.3, -0.25) is 0 Å². The summed E-state index contributed by atoms with van der Waals surface area (Å²) in [7, 11) is 0. The standard InChI is InChI=1S/C13H16N6O.C12H14N6O.C11H12N6O/c14-7-3-4-8-19-10-6-2-1-5-9(10)16-13(19)11-12(15)18-20-17-11;1-7(6-13)18-9-5-3-2-4-8(9)15-12(18)10-11(14)17-19-16-10;12-5-6-17-8-4-2-1-3-7(8)14-11(17)9-10(13)16-18-15-9/h1-2,5-6H,3-4,7-8,14H2,(H2,15,18);2-5,7H,6,13H2,1H3,(H2,14,17);1-4H,5-6,12H2,(H2,13,16). The first-order valence-electron chi connectivity index (χ1n) is 18.1. The molecule has 9 rings (SSSR count). The molecule has 9 aromatic rings. The van der Waals surface area contributed by atoms with Gasteiger partial charge in [0.15, 0.2) is 52.0 Å². The molecule has 1 atom stereocenters. The van der Waals surface area contributed by atoms with Crippen molar-refractivity contribution in [2.24, 2.45) is 17.2 Å². The van der Waals surface area contributed by atoms with Crippen LogP contribution in [0.2, 0.25) is 0 Å². The van der Waals surface area contributed by atoms with E-state index in [0.29, 0.717) is 60.7 Å². The maximum absolute atomic E-state index is 5.78. The van der Waals surface area contributed by atoms with E-state index in [1.165, 1.54) is 0 Å². The number of nitrogen functional groups attached to an aromatic ring is 3. The maximum Gasteiger partial charge on any atom is 0.199 e. The summed E-state index contributed by atoms with van der Waals surface area (Å²) >= 11 is 0. The Morgan fingerprint density at radius 3 is 1.37 bits per heavy atom. The Hall–Kier alpha value is -7.23. The van der Waals surface area contributed by atoms with E-state index in [2.05, 4.69) is 64.3 Å². The summed E-state index contributed by atoms with van der Waals surface area (Å²) in [5.74, 6) is 2.63. The summed E-state index contributed by atoms with van der Waals surface area (Å²) in [4.78, 5) is 13.6. The first-order chi connectivity index (χ1) is 27.8. The van der Waals surface area contributed by atoms with Gasteiger partial charge in [0.2, 0.25) is 0 Å². The van der Waals surface area contributed by atoms with Crippen LogP contribution < -0.4 is 34.4 Å². The zero-order valence-electron chi connectivity index (χ0n) is 31.0. The van der Waals surface area contributed by atoms with Gasteiger partial charge in [-0.25, -0.2) is 28.8 Å². The lowest BCUT2D eigenvalue weighted by molar-refractivity contribution is 0.310. The summed E-state index contributed by atoms with van der Waals surface area (Å²) in [6, 6.07) is 23.6. The molecule has 0 radical (unpaired) electrons. The van der Waals surface area contributed by atoms with Crippen LogP contribution in [0.15, 0.2) is 86.7 Å². The largest absolute Gasteiger partial charge is 0.379 e. The maximum atomic E-state index is 5.78. The number of hydrogen-bond donors (Lipinski definition) is 6. The van der Waals surface area contributed by atoms with E-state index in [9.17, 15) is 0 Å². The molecular weight excluding hydrogens is 733 g/mol. The van der Waals surface area contributed by atoms with Crippen LogP contribution in [0.1, 0.15) is 25.8 Å². The van der Waals surface area contributed by atoms with Crippen LogP contribution in [0.5, 0.6) is 0 Å². The van der Waals surface area contributed by atoms with Gasteiger partial charge < -0.3 is 48.1 Å². The van der Waals surface area contributed by atoms with Crippen LogP contribution in [0.3, 0.4) is 0 Å². The number of unbranched alkanes of at least 4 members (excludes halogenated alkanes) is 1. The van der Waals surface area contributed by atoms with Crippen molar-refractivity contribution >= 4 is 50.6 Å². The normalized spacial score (nSPS) is 11.8. The molecule has 0 saturated carbocycles. The third kappa shape index (κ3) is 7.69. The van der Waals surface area contributed by atoms with Crippen LogP contribution in [-0.4, -0.2) is 79.2 Å². The summed E-state index contributed by atoms with van der Waals surface area (Å²) < 4.78 is 20.0. The number of hydrogen-bond acceptors (Lipinski definition) is 18. The summed E-state index contributed by atoms with van der Waals surface area (Å²) in [5.41, 5.74) is 41.2. The number of nitrogens with two attached hydrogens (primary N) is 6. The van der Waals surface area contributed by atoms with Crippen LogP contribution in [0, 0.1) is 0 Å². The van der Waals surface area contributed by atoms with Crippen molar-refractivity contribution in [2.45, 2.75) is 38.9 Å². The number of aromatic nitrogens is 12. The quantitative estimate of drug-likeness (QED) is 0.103. The molecule has 21 heteroatoms. The Bertz CT molecular complexity index is 2700. The Labute approximate surface area is 323 Å². The third-order valence-corrected chi connectivity index (χ3v) is 9.05. The van der Waals surface area contributed by atoms with Crippen molar-refractivity contribution < 1.29 is 13.9 Å². The van der Waals surface area contributed by atoms with Gasteiger partial charge in [-0.05, 0) is 93.6 Å². The molecule has 0 amide bonds. The monoisotopic (exact) mass is 774 g/mol. The first kappa shape index (κ1) is 38.1. The van der Waals surface area contributed by atoms with Crippen LogP contribution >= 0.6 is 0 Å². The topological polar surface area (TPSA) is 326 Å². The first-order valence-corrected chi connectivity index (χ1v) is 18.1. The second-order valence-corrected chi connectivity index (χ2v) is 12.8. The lowest BCUT2D eigenvalue weighted by atomic mass is 10.2. The molecule has 0 aliphatic carbocycles. The molecule has 57 heavy (non-hydrogen) atoms. The number of benzene rings is 3. The van der Waals surface area contributed by atoms with Gasteiger partial charge in [-0.15, -0.1) is 0 Å². The van der Waals surface area contributed by atoms with Crippen LogP contribution in [-0.2, 0) is 13.1 Å². The SMILES string of the molecule is CC(CN)n1c(-c2nonc2N)nc2ccccc21.NCCCCn1c(-c2nonc2N)nc2ccccc21.NCCn1c(-c2nonc2N)nc2ccccc21. The van der Waals surface area contributed by atoms with E-state index >= 15 is 0 Å². The van der Waals surface area contributed by atoms with Crippen molar-refractivity contribution in [3.05, 3.63) is 72.8 Å². The van der Waals surface area contributed by atoms with Gasteiger partial charge in [0.05, 0.1) is 33.1 Å². The second kappa shape index (κ2) is 17.1. The highest BCUT2D eigenvalue weighted by molar-refractivity contribution is 5.83. The van der Waals surface area contributed by atoms with Gasteiger partial charge in [0.25, 0.3) is 0 Å². The van der Waals surface area contributed by atoms with Crippen molar-refractivity contribution in [1.29, 1.82) is 0 Å². The molecule has 1 unspecified atom stereocenters. The van der Waals surface area contributed by atoms with Crippen LogP contribution in [0.25, 0.3) is 67.7 Å². The molecule has 21 nitrogen and oxygen atoms in total. The minimum Gasteiger partial charge on any atom is -0.379 e. The lowest BCUT2D eigenvalue weighted by Crippen LogP contribution is -2.17. The molecule has 0 fully saturated rings. The van der Waals surface area contributed by atoms with E-state index in [4.69, 9.17) is 34.4 Å². The van der Waals surface area contributed by atoms with Gasteiger partial charge in [0, 0.05) is 32.2 Å². The van der Waals surface area contributed by atoms with E-state index in [1.807, 2.05) is 88.9 Å². The second-order valence-electron chi connectivity index (χ2n) is 12.8.